The van der Waals surface area contributed by atoms with Crippen LogP contribution < -0.4 is 11.1 Å². The van der Waals surface area contributed by atoms with Crippen LogP contribution in [0, 0.1) is 0 Å². The van der Waals surface area contributed by atoms with Crippen LogP contribution in [0.5, 0.6) is 0 Å². The number of primary amides is 1. The molecule has 8 heteroatoms. The molecule has 1 saturated heterocycles. The van der Waals surface area contributed by atoms with Gasteiger partial charge in [-0.2, -0.15) is 0 Å². The molecule has 0 bridgehead atoms. The van der Waals surface area contributed by atoms with Crippen molar-refractivity contribution in [3.05, 3.63) is 18.2 Å². The fourth-order valence-corrected chi connectivity index (χ4v) is 4.29. The highest BCUT2D eigenvalue weighted by Gasteiger charge is 2.47. The minimum Gasteiger partial charge on any atom is -0.367 e. The van der Waals surface area contributed by atoms with Crippen LogP contribution in [0.4, 0.5) is 4.79 Å². The Hall–Kier alpha value is -2.09. The lowest BCUT2D eigenvalue weighted by Gasteiger charge is -2.45. The van der Waals surface area contributed by atoms with E-state index in [1.165, 1.54) is 12.8 Å². The molecule has 3 amide bonds. The Balaban J connectivity index is 1.45. The molecule has 3 aliphatic rings. The summed E-state index contributed by atoms with van der Waals surface area (Å²) < 4.78 is 8.06. The number of carbonyl (C=O) groups is 2. The molecular formula is C17H25N5O3. The molecule has 3 heterocycles. The topological polar surface area (TPSA) is 102 Å². The van der Waals surface area contributed by atoms with Crippen LogP contribution in [0.3, 0.4) is 0 Å². The third-order valence-electron chi connectivity index (χ3n) is 5.71. The molecule has 1 atom stereocenters. The molecule has 1 unspecified atom stereocenters. The predicted octanol–water partition coefficient (Wildman–Crippen LogP) is 0.710. The van der Waals surface area contributed by atoms with Crippen molar-refractivity contribution < 1.29 is 14.3 Å². The van der Waals surface area contributed by atoms with Crippen molar-refractivity contribution in [2.24, 2.45) is 5.73 Å². The molecule has 25 heavy (non-hydrogen) atoms. The SMILES string of the molecule is NC(=O)C1Cn2ccnc2C2(CCN(C(=O)NC3CCCC3)CC2)O1. The summed E-state index contributed by atoms with van der Waals surface area (Å²) in [5, 5.41) is 3.13. The maximum Gasteiger partial charge on any atom is 0.317 e. The van der Waals surface area contributed by atoms with Crippen molar-refractivity contribution in [3.63, 3.8) is 0 Å². The summed E-state index contributed by atoms with van der Waals surface area (Å²) in [5.41, 5.74) is 4.84. The van der Waals surface area contributed by atoms with Gasteiger partial charge in [-0.15, -0.1) is 0 Å². The first-order valence-corrected chi connectivity index (χ1v) is 9.12. The van der Waals surface area contributed by atoms with Gasteiger partial charge in [0.25, 0.3) is 0 Å². The third-order valence-corrected chi connectivity index (χ3v) is 5.71. The number of likely N-dealkylation sites (tertiary alicyclic amines) is 1. The minimum absolute atomic E-state index is 0.00681. The van der Waals surface area contributed by atoms with Crippen molar-refractivity contribution in [2.45, 2.75) is 62.8 Å². The molecule has 4 rings (SSSR count). The number of nitrogens with one attached hydrogen (secondary N) is 1. The summed E-state index contributed by atoms with van der Waals surface area (Å²) in [6.07, 6.45) is 8.70. The maximum atomic E-state index is 12.5. The molecule has 1 aliphatic carbocycles. The van der Waals surface area contributed by atoms with Gasteiger partial charge >= 0.3 is 6.03 Å². The summed E-state index contributed by atoms with van der Waals surface area (Å²) in [4.78, 5) is 30.4. The van der Waals surface area contributed by atoms with Crippen molar-refractivity contribution in [1.82, 2.24) is 19.8 Å². The Bertz CT molecular complexity index is 659. The van der Waals surface area contributed by atoms with E-state index in [9.17, 15) is 9.59 Å². The van der Waals surface area contributed by atoms with Gasteiger partial charge in [0, 0.05) is 44.4 Å². The Labute approximate surface area is 146 Å². The maximum absolute atomic E-state index is 12.5. The lowest BCUT2D eigenvalue weighted by Crippen LogP contribution is -2.55. The number of imidazole rings is 1. The number of nitrogens with zero attached hydrogens (tertiary/aromatic N) is 3. The Kier molecular flexibility index (Phi) is 4.15. The number of fused-ring (bicyclic) bond motifs is 2. The lowest BCUT2D eigenvalue weighted by molar-refractivity contribution is -0.169. The summed E-state index contributed by atoms with van der Waals surface area (Å²) in [6.45, 7) is 1.56. The molecule has 136 valence electrons. The van der Waals surface area contributed by atoms with E-state index < -0.39 is 17.6 Å². The van der Waals surface area contributed by atoms with Gasteiger partial charge < -0.3 is 25.3 Å². The van der Waals surface area contributed by atoms with Crippen LogP contribution in [0.2, 0.25) is 0 Å². The molecule has 1 aromatic heterocycles. The zero-order valence-corrected chi connectivity index (χ0v) is 14.3. The first-order valence-electron chi connectivity index (χ1n) is 9.12. The van der Waals surface area contributed by atoms with E-state index in [2.05, 4.69) is 10.3 Å². The van der Waals surface area contributed by atoms with E-state index in [1.54, 1.807) is 6.20 Å². The van der Waals surface area contributed by atoms with Crippen molar-refractivity contribution in [2.75, 3.05) is 13.1 Å². The molecule has 0 aromatic carbocycles. The number of nitrogens with two attached hydrogens (primary N) is 1. The number of ether oxygens (including phenoxy) is 1. The minimum atomic E-state index is -0.652. The second-order valence-electron chi connectivity index (χ2n) is 7.32. The molecule has 2 aliphatic heterocycles. The number of hydrogen-bond acceptors (Lipinski definition) is 4. The number of amides is 3. The van der Waals surface area contributed by atoms with E-state index in [-0.39, 0.29) is 6.03 Å². The van der Waals surface area contributed by atoms with Gasteiger partial charge in [-0.25, -0.2) is 9.78 Å². The van der Waals surface area contributed by atoms with Crippen molar-refractivity contribution >= 4 is 11.9 Å². The number of urea groups is 1. The van der Waals surface area contributed by atoms with Gasteiger partial charge in [0.15, 0.2) is 6.10 Å². The van der Waals surface area contributed by atoms with E-state index in [4.69, 9.17) is 10.5 Å². The summed E-state index contributed by atoms with van der Waals surface area (Å²) >= 11 is 0. The largest absolute Gasteiger partial charge is 0.367 e. The number of piperidine rings is 1. The number of carbonyl (C=O) groups excluding carboxylic acids is 2. The van der Waals surface area contributed by atoms with Crippen LogP contribution in [0.15, 0.2) is 12.4 Å². The highest BCUT2D eigenvalue weighted by molar-refractivity contribution is 5.79. The fourth-order valence-electron chi connectivity index (χ4n) is 4.29. The van der Waals surface area contributed by atoms with Crippen molar-refractivity contribution in [1.29, 1.82) is 0 Å². The first-order chi connectivity index (χ1) is 12.1. The van der Waals surface area contributed by atoms with E-state index >= 15 is 0 Å². The van der Waals surface area contributed by atoms with Crippen LogP contribution in [-0.4, -0.2) is 51.6 Å². The average molecular weight is 347 g/mol. The highest BCUT2D eigenvalue weighted by atomic mass is 16.5. The molecule has 0 radical (unpaired) electrons. The van der Waals surface area contributed by atoms with Gasteiger partial charge in [0.2, 0.25) is 5.91 Å². The standard InChI is InChI=1S/C17H25N5O3/c18-14(23)13-11-22-10-7-19-15(22)17(25-13)5-8-21(9-6-17)16(24)20-12-3-1-2-4-12/h7,10,12-13H,1-6,8-9,11H2,(H2,18,23)(H,20,24). The third kappa shape index (κ3) is 2.99. The van der Waals surface area contributed by atoms with Gasteiger partial charge in [-0.1, -0.05) is 12.8 Å². The fraction of sp³-hybridized carbons (Fsp3) is 0.706. The Morgan fingerprint density at radius 3 is 2.68 bits per heavy atom. The molecule has 1 saturated carbocycles. The normalized spacial score (nSPS) is 25.8. The zero-order valence-electron chi connectivity index (χ0n) is 14.3. The van der Waals surface area contributed by atoms with E-state index in [0.717, 1.165) is 18.7 Å². The van der Waals surface area contributed by atoms with Crippen molar-refractivity contribution in [3.8, 4) is 0 Å². The molecule has 8 nitrogen and oxygen atoms in total. The van der Waals surface area contributed by atoms with Crippen LogP contribution in [0.25, 0.3) is 0 Å². The summed E-state index contributed by atoms with van der Waals surface area (Å²) in [5.74, 6) is 0.376. The molecule has 2 fully saturated rings. The quantitative estimate of drug-likeness (QED) is 0.822. The molecule has 1 spiro atoms. The van der Waals surface area contributed by atoms with Crippen LogP contribution >= 0.6 is 0 Å². The van der Waals surface area contributed by atoms with Gasteiger partial charge in [-0.05, 0) is 12.8 Å². The zero-order chi connectivity index (χ0) is 17.4. The van der Waals surface area contributed by atoms with Crippen LogP contribution in [-0.2, 0) is 21.7 Å². The Morgan fingerprint density at radius 1 is 1.28 bits per heavy atom. The van der Waals surface area contributed by atoms with Crippen LogP contribution in [0.1, 0.15) is 44.3 Å². The van der Waals surface area contributed by atoms with Gasteiger partial charge in [-0.3, -0.25) is 4.79 Å². The smallest absolute Gasteiger partial charge is 0.317 e. The summed E-state index contributed by atoms with van der Waals surface area (Å²) in [6, 6.07) is 0.319. The average Bonchev–Trinajstić information content (AvgIpc) is 3.27. The second kappa shape index (κ2) is 6.33. The number of rotatable bonds is 2. The molecule has 1 aromatic rings. The molecule has 3 N–H and O–H groups in total. The van der Waals surface area contributed by atoms with E-state index in [1.807, 2.05) is 15.7 Å². The number of hydrogen-bond donors (Lipinski definition) is 2. The van der Waals surface area contributed by atoms with Gasteiger partial charge in [0.05, 0.1) is 6.54 Å². The monoisotopic (exact) mass is 347 g/mol. The Morgan fingerprint density at radius 2 is 2.00 bits per heavy atom. The summed E-state index contributed by atoms with van der Waals surface area (Å²) in [7, 11) is 0. The lowest BCUT2D eigenvalue weighted by atomic mass is 9.88. The molecular weight excluding hydrogens is 322 g/mol. The highest BCUT2D eigenvalue weighted by Crippen LogP contribution is 2.40. The van der Waals surface area contributed by atoms with Gasteiger partial charge in [0.1, 0.15) is 11.4 Å². The first kappa shape index (κ1) is 16.4. The number of aromatic nitrogens is 2. The predicted molar refractivity (Wildman–Crippen MR) is 89.6 cm³/mol. The van der Waals surface area contributed by atoms with E-state index in [0.29, 0.717) is 38.5 Å². The second-order valence-corrected chi connectivity index (χ2v) is 7.32.